The maximum Gasteiger partial charge on any atom is 0.313 e. The van der Waals surface area contributed by atoms with E-state index in [1.807, 2.05) is 0 Å². The van der Waals surface area contributed by atoms with Crippen molar-refractivity contribution in [1.29, 1.82) is 0 Å². The van der Waals surface area contributed by atoms with Gasteiger partial charge in [0, 0.05) is 12.8 Å². The van der Waals surface area contributed by atoms with Crippen LogP contribution in [-0.2, 0) is 14.3 Å². The Morgan fingerprint density at radius 2 is 1.33 bits per heavy atom. The van der Waals surface area contributed by atoms with Gasteiger partial charge in [0.05, 0.1) is 0 Å². The fourth-order valence-corrected chi connectivity index (χ4v) is 1.07. The van der Waals surface area contributed by atoms with E-state index in [4.69, 9.17) is 11.5 Å². The predicted molar refractivity (Wildman–Crippen MR) is 56.9 cm³/mol. The summed E-state index contributed by atoms with van der Waals surface area (Å²) in [6.45, 7) is 1.06. The Balaban J connectivity index is 3.43. The molecule has 88 valence electrons. The SMILES string of the molecule is NCCCCCC(=O)OC(=O)CCCN. The molecule has 0 radical (unpaired) electrons. The molecule has 5 heteroatoms. The average Bonchev–Trinajstić information content (AvgIpc) is 2.21. The summed E-state index contributed by atoms with van der Waals surface area (Å²) in [5, 5.41) is 0. The van der Waals surface area contributed by atoms with Crippen LogP contribution in [0.2, 0.25) is 0 Å². The van der Waals surface area contributed by atoms with Crippen molar-refractivity contribution in [2.45, 2.75) is 38.5 Å². The Morgan fingerprint density at radius 3 is 1.87 bits per heavy atom. The molecule has 0 saturated carbocycles. The Hall–Kier alpha value is -0.940. The van der Waals surface area contributed by atoms with Gasteiger partial charge >= 0.3 is 11.9 Å². The van der Waals surface area contributed by atoms with Crippen molar-refractivity contribution in [3.05, 3.63) is 0 Å². The number of nitrogens with two attached hydrogens (primary N) is 2. The van der Waals surface area contributed by atoms with Crippen LogP contribution in [0.4, 0.5) is 0 Å². The molecule has 0 amide bonds. The van der Waals surface area contributed by atoms with Crippen LogP contribution in [0.1, 0.15) is 38.5 Å². The van der Waals surface area contributed by atoms with Gasteiger partial charge in [0.15, 0.2) is 0 Å². The summed E-state index contributed by atoms with van der Waals surface area (Å²) in [5.74, 6) is -0.932. The van der Waals surface area contributed by atoms with E-state index in [-0.39, 0.29) is 12.8 Å². The smallest absolute Gasteiger partial charge is 0.313 e. The van der Waals surface area contributed by atoms with Gasteiger partial charge < -0.3 is 16.2 Å². The highest BCUT2D eigenvalue weighted by Gasteiger charge is 2.08. The van der Waals surface area contributed by atoms with Crippen LogP contribution in [0.25, 0.3) is 0 Å². The number of hydrogen-bond donors (Lipinski definition) is 2. The van der Waals surface area contributed by atoms with E-state index >= 15 is 0 Å². The molecule has 0 unspecified atom stereocenters. The highest BCUT2D eigenvalue weighted by molar-refractivity contribution is 5.85. The molecule has 0 aromatic carbocycles. The standard InChI is InChI=1S/C10H20N2O3/c11-7-3-1-2-5-9(13)15-10(14)6-4-8-12/h1-8,11-12H2. The van der Waals surface area contributed by atoms with Gasteiger partial charge in [-0.3, -0.25) is 9.59 Å². The summed E-state index contributed by atoms with van der Waals surface area (Å²) in [7, 11) is 0. The molecule has 0 heterocycles. The third kappa shape index (κ3) is 9.37. The third-order valence-corrected chi connectivity index (χ3v) is 1.90. The van der Waals surface area contributed by atoms with Crippen LogP contribution >= 0.6 is 0 Å². The zero-order valence-electron chi connectivity index (χ0n) is 9.04. The molecule has 0 saturated heterocycles. The lowest BCUT2D eigenvalue weighted by Gasteiger charge is -2.02. The molecule has 0 aliphatic carbocycles. The van der Waals surface area contributed by atoms with Gasteiger partial charge in [-0.15, -0.1) is 0 Å². The lowest BCUT2D eigenvalue weighted by atomic mass is 10.2. The maximum atomic E-state index is 11.1. The normalized spacial score (nSPS) is 10.0. The first-order valence-corrected chi connectivity index (χ1v) is 5.34. The molecular formula is C10H20N2O3. The monoisotopic (exact) mass is 216 g/mol. The van der Waals surface area contributed by atoms with E-state index in [0.717, 1.165) is 19.3 Å². The third-order valence-electron chi connectivity index (χ3n) is 1.90. The second kappa shape index (κ2) is 9.61. The molecular weight excluding hydrogens is 196 g/mol. The Kier molecular flexibility index (Phi) is 9.01. The van der Waals surface area contributed by atoms with E-state index in [2.05, 4.69) is 4.74 Å². The fourth-order valence-electron chi connectivity index (χ4n) is 1.07. The second-order valence-corrected chi connectivity index (χ2v) is 3.34. The van der Waals surface area contributed by atoms with Gasteiger partial charge in [-0.05, 0) is 32.4 Å². The van der Waals surface area contributed by atoms with Crippen molar-refractivity contribution in [2.24, 2.45) is 11.5 Å². The zero-order valence-corrected chi connectivity index (χ0v) is 9.04. The van der Waals surface area contributed by atoms with E-state index in [0.29, 0.717) is 19.5 Å². The molecule has 0 atom stereocenters. The minimum Gasteiger partial charge on any atom is -0.393 e. The highest BCUT2D eigenvalue weighted by Crippen LogP contribution is 2.01. The van der Waals surface area contributed by atoms with Gasteiger partial charge in [0.1, 0.15) is 0 Å². The number of unbranched alkanes of at least 4 members (excludes halogenated alkanes) is 2. The fraction of sp³-hybridized carbons (Fsp3) is 0.800. The van der Waals surface area contributed by atoms with Crippen LogP contribution in [0.5, 0.6) is 0 Å². The summed E-state index contributed by atoms with van der Waals surface area (Å²) < 4.78 is 4.57. The molecule has 0 aromatic rings. The molecule has 0 aliphatic rings. The van der Waals surface area contributed by atoms with Gasteiger partial charge in [-0.1, -0.05) is 6.42 Å². The van der Waals surface area contributed by atoms with Crippen LogP contribution in [0, 0.1) is 0 Å². The highest BCUT2D eigenvalue weighted by atomic mass is 16.6. The molecule has 0 fully saturated rings. The largest absolute Gasteiger partial charge is 0.393 e. The summed E-state index contributed by atoms with van der Waals surface area (Å²) in [6.07, 6.45) is 3.57. The Bertz CT molecular complexity index is 195. The Morgan fingerprint density at radius 1 is 0.800 bits per heavy atom. The first-order valence-electron chi connectivity index (χ1n) is 5.34. The molecule has 0 spiro atoms. The van der Waals surface area contributed by atoms with Crippen molar-refractivity contribution >= 4 is 11.9 Å². The first kappa shape index (κ1) is 14.1. The quantitative estimate of drug-likeness (QED) is 0.346. The van der Waals surface area contributed by atoms with Crippen LogP contribution in [0.15, 0.2) is 0 Å². The second-order valence-electron chi connectivity index (χ2n) is 3.34. The van der Waals surface area contributed by atoms with E-state index < -0.39 is 11.9 Å². The van der Waals surface area contributed by atoms with Crippen molar-refractivity contribution in [3.8, 4) is 0 Å². The number of hydrogen-bond acceptors (Lipinski definition) is 5. The Labute approximate surface area is 90.1 Å². The lowest BCUT2D eigenvalue weighted by Crippen LogP contribution is -2.13. The zero-order chi connectivity index (χ0) is 11.5. The molecule has 0 aliphatic heterocycles. The minimum absolute atomic E-state index is 0.213. The average molecular weight is 216 g/mol. The summed E-state index contributed by atoms with van der Waals surface area (Å²) >= 11 is 0. The lowest BCUT2D eigenvalue weighted by molar-refractivity contribution is -0.159. The number of ether oxygens (including phenoxy) is 1. The summed E-state index contributed by atoms with van der Waals surface area (Å²) in [5.41, 5.74) is 10.5. The van der Waals surface area contributed by atoms with Gasteiger partial charge in [0.25, 0.3) is 0 Å². The predicted octanol–water partition coefficient (Wildman–Crippen LogP) is 0.314. The molecule has 0 rings (SSSR count). The molecule has 5 nitrogen and oxygen atoms in total. The van der Waals surface area contributed by atoms with Crippen LogP contribution in [-0.4, -0.2) is 25.0 Å². The van der Waals surface area contributed by atoms with Crippen LogP contribution < -0.4 is 11.5 Å². The number of esters is 2. The maximum absolute atomic E-state index is 11.1. The van der Waals surface area contributed by atoms with Gasteiger partial charge in [-0.25, -0.2) is 0 Å². The van der Waals surface area contributed by atoms with Crippen LogP contribution in [0.3, 0.4) is 0 Å². The molecule has 0 aromatic heterocycles. The first-order chi connectivity index (χ1) is 7.20. The topological polar surface area (TPSA) is 95.4 Å². The molecule has 0 bridgehead atoms. The van der Waals surface area contributed by atoms with Crippen molar-refractivity contribution in [3.63, 3.8) is 0 Å². The number of carbonyl (C=O) groups excluding carboxylic acids is 2. The summed E-state index contributed by atoms with van der Waals surface area (Å²) in [6, 6.07) is 0. The molecule has 4 N–H and O–H groups in total. The van der Waals surface area contributed by atoms with Gasteiger partial charge in [-0.2, -0.15) is 0 Å². The van der Waals surface area contributed by atoms with Crippen molar-refractivity contribution < 1.29 is 14.3 Å². The number of rotatable bonds is 8. The number of carbonyl (C=O) groups is 2. The van der Waals surface area contributed by atoms with E-state index in [1.54, 1.807) is 0 Å². The molecule has 15 heavy (non-hydrogen) atoms. The van der Waals surface area contributed by atoms with E-state index in [9.17, 15) is 9.59 Å². The van der Waals surface area contributed by atoms with Crippen molar-refractivity contribution in [2.75, 3.05) is 13.1 Å². The summed E-state index contributed by atoms with van der Waals surface area (Å²) in [4.78, 5) is 22.1. The van der Waals surface area contributed by atoms with E-state index in [1.165, 1.54) is 0 Å². The minimum atomic E-state index is -0.482. The van der Waals surface area contributed by atoms with Crippen molar-refractivity contribution in [1.82, 2.24) is 0 Å². The van der Waals surface area contributed by atoms with Gasteiger partial charge in [0.2, 0.25) is 0 Å².